The van der Waals surface area contributed by atoms with Gasteiger partial charge < -0.3 is 15.4 Å². The topological polar surface area (TPSA) is 50.4 Å². The van der Waals surface area contributed by atoms with Crippen molar-refractivity contribution in [1.29, 1.82) is 0 Å². The molecule has 5 heteroatoms. The Morgan fingerprint density at radius 2 is 2.33 bits per heavy atom. The van der Waals surface area contributed by atoms with Gasteiger partial charge in [0.05, 0.1) is 12.1 Å². The van der Waals surface area contributed by atoms with Crippen LogP contribution in [0.15, 0.2) is 31.0 Å². The molecule has 0 heterocycles. The molecule has 0 spiro atoms. The van der Waals surface area contributed by atoms with Crippen LogP contribution in [0, 0.1) is 0 Å². The van der Waals surface area contributed by atoms with E-state index in [-0.39, 0.29) is 6.03 Å². The van der Waals surface area contributed by atoms with Gasteiger partial charge in [0, 0.05) is 5.69 Å². The molecule has 0 aromatic heterocycles. The maximum atomic E-state index is 11.1. The van der Waals surface area contributed by atoms with Crippen LogP contribution in [-0.2, 0) is 0 Å². The standard InChI is InChI=1S/C10H11ClN2O2/c1-3-12-10(14)13-7-4-5-9(15-2)8(11)6-7/h3-6H,1H2,2H3,(H2,12,13,14). The van der Waals surface area contributed by atoms with E-state index < -0.39 is 0 Å². The number of hydrogen-bond donors (Lipinski definition) is 2. The van der Waals surface area contributed by atoms with E-state index in [9.17, 15) is 4.79 Å². The second kappa shape index (κ2) is 5.26. The summed E-state index contributed by atoms with van der Waals surface area (Å²) in [5, 5.41) is 5.39. The van der Waals surface area contributed by atoms with Crippen molar-refractivity contribution in [3.63, 3.8) is 0 Å². The molecule has 0 saturated heterocycles. The van der Waals surface area contributed by atoms with Gasteiger partial charge in [-0.3, -0.25) is 0 Å². The average Bonchev–Trinajstić information content (AvgIpc) is 2.18. The number of hydrogen-bond acceptors (Lipinski definition) is 2. The quantitative estimate of drug-likeness (QED) is 0.833. The lowest BCUT2D eigenvalue weighted by atomic mass is 10.3. The summed E-state index contributed by atoms with van der Waals surface area (Å²) < 4.78 is 4.98. The van der Waals surface area contributed by atoms with Gasteiger partial charge in [0.1, 0.15) is 5.75 Å². The maximum absolute atomic E-state index is 11.1. The number of benzene rings is 1. The minimum Gasteiger partial charge on any atom is -0.495 e. The zero-order valence-corrected chi connectivity index (χ0v) is 8.97. The van der Waals surface area contributed by atoms with Crippen molar-refractivity contribution in [3.05, 3.63) is 36.0 Å². The van der Waals surface area contributed by atoms with Crippen molar-refractivity contribution in [3.8, 4) is 5.75 Å². The summed E-state index contributed by atoms with van der Waals surface area (Å²) in [6.07, 6.45) is 1.29. The van der Waals surface area contributed by atoms with E-state index in [0.29, 0.717) is 16.5 Å². The van der Waals surface area contributed by atoms with Crippen LogP contribution in [0.1, 0.15) is 0 Å². The average molecular weight is 227 g/mol. The van der Waals surface area contributed by atoms with Crippen LogP contribution in [0.3, 0.4) is 0 Å². The highest BCUT2D eigenvalue weighted by Gasteiger charge is 2.03. The van der Waals surface area contributed by atoms with Crippen molar-refractivity contribution in [2.75, 3.05) is 12.4 Å². The summed E-state index contributed by atoms with van der Waals surface area (Å²) in [4.78, 5) is 11.1. The number of carbonyl (C=O) groups is 1. The molecule has 0 aliphatic heterocycles. The van der Waals surface area contributed by atoms with Crippen LogP contribution in [0.2, 0.25) is 5.02 Å². The van der Waals surface area contributed by atoms with Gasteiger partial charge >= 0.3 is 6.03 Å². The molecule has 1 aromatic rings. The Hall–Kier alpha value is -1.68. The molecule has 2 amide bonds. The number of ether oxygens (including phenoxy) is 1. The molecule has 0 aliphatic rings. The molecule has 0 atom stereocenters. The first-order valence-electron chi connectivity index (χ1n) is 4.19. The van der Waals surface area contributed by atoms with Crippen molar-refractivity contribution in [2.45, 2.75) is 0 Å². The van der Waals surface area contributed by atoms with Gasteiger partial charge in [-0.25, -0.2) is 4.79 Å². The number of amides is 2. The minimum absolute atomic E-state index is 0.369. The van der Waals surface area contributed by atoms with Crippen LogP contribution in [-0.4, -0.2) is 13.1 Å². The van der Waals surface area contributed by atoms with Gasteiger partial charge in [0.25, 0.3) is 0 Å². The van der Waals surface area contributed by atoms with E-state index in [1.165, 1.54) is 13.3 Å². The molecule has 1 aromatic carbocycles. The minimum atomic E-state index is -0.369. The highest BCUT2D eigenvalue weighted by molar-refractivity contribution is 6.32. The smallest absolute Gasteiger partial charge is 0.323 e. The van der Waals surface area contributed by atoms with Gasteiger partial charge in [-0.05, 0) is 24.4 Å². The van der Waals surface area contributed by atoms with Gasteiger partial charge in [-0.15, -0.1) is 0 Å². The van der Waals surface area contributed by atoms with Gasteiger partial charge in [-0.2, -0.15) is 0 Å². The zero-order valence-electron chi connectivity index (χ0n) is 8.21. The molecule has 0 radical (unpaired) electrons. The molecule has 1 rings (SSSR count). The molecule has 0 fully saturated rings. The molecule has 0 aliphatic carbocycles. The number of methoxy groups -OCH3 is 1. The zero-order chi connectivity index (χ0) is 11.3. The fourth-order valence-corrected chi connectivity index (χ4v) is 1.26. The summed E-state index contributed by atoms with van der Waals surface area (Å²) in [6.45, 7) is 3.37. The maximum Gasteiger partial charge on any atom is 0.323 e. The third kappa shape index (κ3) is 3.18. The Kier molecular flexibility index (Phi) is 4.00. The van der Waals surface area contributed by atoms with Crippen molar-refractivity contribution < 1.29 is 9.53 Å². The lowest BCUT2D eigenvalue weighted by molar-refractivity contribution is 0.255. The monoisotopic (exact) mass is 226 g/mol. The predicted octanol–water partition coefficient (Wildman–Crippen LogP) is 2.61. The SMILES string of the molecule is C=CNC(=O)Nc1ccc(OC)c(Cl)c1. The number of carbonyl (C=O) groups excluding carboxylic acids is 1. The van der Waals surface area contributed by atoms with Crippen LogP contribution in [0.25, 0.3) is 0 Å². The number of halogens is 1. The Morgan fingerprint density at radius 3 is 2.87 bits per heavy atom. The summed E-state index contributed by atoms with van der Waals surface area (Å²) in [7, 11) is 1.53. The molecule has 2 N–H and O–H groups in total. The highest BCUT2D eigenvalue weighted by Crippen LogP contribution is 2.26. The predicted molar refractivity (Wildman–Crippen MR) is 60.4 cm³/mol. The van der Waals surface area contributed by atoms with E-state index in [1.807, 2.05) is 0 Å². The Morgan fingerprint density at radius 1 is 1.60 bits per heavy atom. The summed E-state index contributed by atoms with van der Waals surface area (Å²) in [5.74, 6) is 0.561. The Balaban J connectivity index is 2.75. The molecule has 15 heavy (non-hydrogen) atoms. The molecule has 0 unspecified atom stereocenters. The van der Waals surface area contributed by atoms with Crippen LogP contribution < -0.4 is 15.4 Å². The van der Waals surface area contributed by atoms with E-state index in [4.69, 9.17) is 16.3 Å². The molecule has 0 saturated carbocycles. The largest absolute Gasteiger partial charge is 0.495 e. The van der Waals surface area contributed by atoms with Crippen molar-refractivity contribution in [1.82, 2.24) is 5.32 Å². The fourth-order valence-electron chi connectivity index (χ4n) is 1.00. The summed E-state index contributed by atoms with van der Waals surface area (Å²) in [5.41, 5.74) is 0.583. The first kappa shape index (κ1) is 11.4. The van der Waals surface area contributed by atoms with Crippen molar-refractivity contribution >= 4 is 23.3 Å². The first-order valence-corrected chi connectivity index (χ1v) is 4.57. The van der Waals surface area contributed by atoms with Gasteiger partial charge in [-0.1, -0.05) is 18.2 Å². The third-order valence-corrected chi connectivity index (χ3v) is 1.94. The first-order chi connectivity index (χ1) is 7.17. The molecule has 4 nitrogen and oxygen atoms in total. The lowest BCUT2D eigenvalue weighted by Crippen LogP contribution is -2.23. The van der Waals surface area contributed by atoms with Crippen molar-refractivity contribution in [2.24, 2.45) is 0 Å². The normalized spacial score (nSPS) is 9.20. The van der Waals surface area contributed by atoms with Crippen LogP contribution in [0.4, 0.5) is 10.5 Å². The fraction of sp³-hybridized carbons (Fsp3) is 0.100. The Bertz CT molecular complexity index is 380. The number of urea groups is 1. The van der Waals surface area contributed by atoms with E-state index >= 15 is 0 Å². The number of anilines is 1. The van der Waals surface area contributed by atoms with E-state index in [0.717, 1.165) is 0 Å². The Labute approximate surface area is 92.9 Å². The van der Waals surface area contributed by atoms with Gasteiger partial charge in [0.15, 0.2) is 0 Å². The molecule has 80 valence electrons. The van der Waals surface area contributed by atoms with Crippen LogP contribution in [0.5, 0.6) is 5.75 Å². The second-order valence-electron chi connectivity index (χ2n) is 2.65. The number of rotatable bonds is 3. The number of nitrogens with one attached hydrogen (secondary N) is 2. The third-order valence-electron chi connectivity index (χ3n) is 1.64. The molecular weight excluding hydrogens is 216 g/mol. The summed E-state index contributed by atoms with van der Waals surface area (Å²) in [6, 6.07) is 4.59. The lowest BCUT2D eigenvalue weighted by Gasteiger charge is -2.07. The summed E-state index contributed by atoms with van der Waals surface area (Å²) >= 11 is 5.87. The van der Waals surface area contributed by atoms with Crippen LogP contribution >= 0.6 is 11.6 Å². The molecule has 0 bridgehead atoms. The van der Waals surface area contributed by atoms with E-state index in [2.05, 4.69) is 17.2 Å². The van der Waals surface area contributed by atoms with Gasteiger partial charge in [0.2, 0.25) is 0 Å². The second-order valence-corrected chi connectivity index (χ2v) is 3.06. The van der Waals surface area contributed by atoms with E-state index in [1.54, 1.807) is 18.2 Å². The molecular formula is C10H11ClN2O2. The highest BCUT2D eigenvalue weighted by atomic mass is 35.5.